The Morgan fingerprint density at radius 2 is 1.90 bits per heavy atom. The van der Waals surface area contributed by atoms with E-state index in [1.165, 1.54) is 6.08 Å². The van der Waals surface area contributed by atoms with Crippen LogP contribution in [0.5, 0.6) is 11.5 Å². The molecule has 0 spiro atoms. The number of ketones is 1. The van der Waals surface area contributed by atoms with Crippen molar-refractivity contribution >= 4 is 29.4 Å². The van der Waals surface area contributed by atoms with Gasteiger partial charge in [0.25, 0.3) is 0 Å². The highest BCUT2D eigenvalue weighted by Crippen LogP contribution is 2.33. The van der Waals surface area contributed by atoms with Crippen LogP contribution in [0.2, 0.25) is 0 Å². The maximum atomic E-state index is 12.4. The van der Waals surface area contributed by atoms with Gasteiger partial charge in [0.1, 0.15) is 0 Å². The van der Waals surface area contributed by atoms with Crippen LogP contribution in [-0.2, 0) is 14.3 Å². The maximum Gasteiger partial charge on any atom is 0.331 e. The Balaban J connectivity index is 1.58. The number of Topliss-reactive ketones (excluding diaryl/α,β-unsaturated/α-hetero) is 1. The van der Waals surface area contributed by atoms with Gasteiger partial charge >= 0.3 is 5.97 Å². The molecule has 3 rings (SSSR count). The van der Waals surface area contributed by atoms with Crippen molar-refractivity contribution in [1.29, 1.82) is 0 Å². The average Bonchev–Trinajstić information content (AvgIpc) is 3.03. The summed E-state index contributed by atoms with van der Waals surface area (Å²) in [4.78, 5) is 36.1. The first-order valence-corrected chi connectivity index (χ1v) is 9.96. The van der Waals surface area contributed by atoms with E-state index in [-0.39, 0.29) is 30.3 Å². The van der Waals surface area contributed by atoms with Crippen molar-refractivity contribution in [3.05, 3.63) is 59.2 Å². The summed E-state index contributed by atoms with van der Waals surface area (Å²) in [5.41, 5.74) is 2.58. The summed E-state index contributed by atoms with van der Waals surface area (Å²) < 4.78 is 16.1. The Morgan fingerprint density at radius 3 is 2.61 bits per heavy atom. The van der Waals surface area contributed by atoms with Gasteiger partial charge in [0.15, 0.2) is 23.9 Å². The van der Waals surface area contributed by atoms with Gasteiger partial charge in [-0.2, -0.15) is 0 Å². The van der Waals surface area contributed by atoms with Gasteiger partial charge in [-0.1, -0.05) is 6.07 Å². The Kier molecular flexibility index (Phi) is 6.74. The van der Waals surface area contributed by atoms with E-state index in [9.17, 15) is 14.4 Å². The lowest BCUT2D eigenvalue weighted by molar-refractivity contribution is -0.136. The Morgan fingerprint density at radius 1 is 1.13 bits per heavy atom. The smallest absolute Gasteiger partial charge is 0.331 e. The maximum absolute atomic E-state index is 12.4. The van der Waals surface area contributed by atoms with Crippen LogP contribution in [0.4, 0.5) is 5.69 Å². The molecule has 2 aromatic carbocycles. The fourth-order valence-electron chi connectivity index (χ4n) is 3.16. The molecule has 0 bridgehead atoms. The number of hydrogen-bond acceptors (Lipinski definition) is 6. The number of fused-ring (bicyclic) bond motifs is 1. The van der Waals surface area contributed by atoms with Crippen molar-refractivity contribution < 1.29 is 28.6 Å². The quantitative estimate of drug-likeness (QED) is 0.392. The molecular formula is C24H25NO6. The minimum absolute atomic E-state index is 0.00782. The lowest BCUT2D eigenvalue weighted by Gasteiger charge is -2.13. The summed E-state index contributed by atoms with van der Waals surface area (Å²) >= 11 is 0. The minimum Gasteiger partial charge on any atom is -0.493 e. The summed E-state index contributed by atoms with van der Waals surface area (Å²) in [6, 6.07) is 10.3. The van der Waals surface area contributed by atoms with E-state index in [0.29, 0.717) is 22.7 Å². The van der Waals surface area contributed by atoms with Crippen LogP contribution in [0.1, 0.15) is 48.2 Å². The van der Waals surface area contributed by atoms with E-state index in [1.807, 2.05) is 13.8 Å². The highest BCUT2D eigenvalue weighted by Gasteiger charge is 2.27. The summed E-state index contributed by atoms with van der Waals surface area (Å²) in [5.74, 6) is -0.227. The third-order valence-electron chi connectivity index (χ3n) is 4.80. The third kappa shape index (κ3) is 5.31. The lowest BCUT2D eigenvalue weighted by Crippen LogP contribution is -2.13. The molecule has 0 radical (unpaired) electrons. The Labute approximate surface area is 181 Å². The number of carbonyl (C=O) groups is 3. The van der Waals surface area contributed by atoms with Crippen LogP contribution in [0.15, 0.2) is 42.5 Å². The summed E-state index contributed by atoms with van der Waals surface area (Å²) in [6.07, 6.45) is 2.83. The molecule has 0 fully saturated rings. The van der Waals surface area contributed by atoms with Crippen molar-refractivity contribution in [3.63, 3.8) is 0 Å². The molecule has 1 heterocycles. The molecule has 1 aliphatic heterocycles. The van der Waals surface area contributed by atoms with Crippen LogP contribution in [-0.4, -0.2) is 37.5 Å². The van der Waals surface area contributed by atoms with Crippen molar-refractivity contribution in [1.82, 2.24) is 0 Å². The van der Waals surface area contributed by atoms with Crippen LogP contribution < -0.4 is 14.8 Å². The van der Waals surface area contributed by atoms with Gasteiger partial charge in [-0.25, -0.2) is 4.79 Å². The number of ether oxygens (including phenoxy) is 3. The molecule has 7 heteroatoms. The van der Waals surface area contributed by atoms with Crippen LogP contribution in [0.3, 0.4) is 0 Å². The normalized spacial score (nSPS) is 15.0. The van der Waals surface area contributed by atoms with Crippen LogP contribution >= 0.6 is 0 Å². The average molecular weight is 423 g/mol. The van der Waals surface area contributed by atoms with Gasteiger partial charge in [0, 0.05) is 17.3 Å². The fourth-order valence-corrected chi connectivity index (χ4v) is 3.16. The second-order valence-corrected chi connectivity index (χ2v) is 7.45. The molecule has 0 saturated carbocycles. The number of methoxy groups -OCH3 is 1. The van der Waals surface area contributed by atoms with Crippen LogP contribution in [0.25, 0.3) is 6.08 Å². The molecule has 1 amide bonds. The van der Waals surface area contributed by atoms with E-state index < -0.39 is 5.97 Å². The molecule has 7 nitrogen and oxygen atoms in total. The molecule has 31 heavy (non-hydrogen) atoms. The first-order valence-electron chi connectivity index (χ1n) is 9.96. The third-order valence-corrected chi connectivity index (χ3v) is 4.80. The number of nitrogens with one attached hydrogen (secondary N) is 1. The Hall–Kier alpha value is -3.61. The number of anilines is 1. The first-order chi connectivity index (χ1) is 14.8. The van der Waals surface area contributed by atoms with Crippen molar-refractivity contribution in [2.75, 3.05) is 19.0 Å². The zero-order valence-corrected chi connectivity index (χ0v) is 17.9. The van der Waals surface area contributed by atoms with Gasteiger partial charge in [-0.3, -0.25) is 9.59 Å². The lowest BCUT2D eigenvalue weighted by atomic mass is 9.99. The zero-order valence-electron chi connectivity index (χ0n) is 17.9. The molecule has 0 aromatic heterocycles. The predicted octanol–water partition coefficient (Wildman–Crippen LogP) is 3.98. The molecule has 1 aliphatic rings. The topological polar surface area (TPSA) is 90.9 Å². The number of rotatable bonds is 8. The molecule has 1 atom stereocenters. The second kappa shape index (κ2) is 9.47. The second-order valence-electron chi connectivity index (χ2n) is 7.45. The molecular weight excluding hydrogens is 398 g/mol. The van der Waals surface area contributed by atoms with E-state index in [1.54, 1.807) is 56.5 Å². The number of carbonyl (C=O) groups excluding carboxylic acids is 3. The minimum atomic E-state index is -0.638. The van der Waals surface area contributed by atoms with E-state index >= 15 is 0 Å². The largest absolute Gasteiger partial charge is 0.493 e. The molecule has 0 unspecified atom stereocenters. The standard InChI is InChI=1S/C24H25NO6/c1-14(2)31-21-9-5-16(11-22(21)29-4)6-10-23(27)30-13-20(26)17-7-8-19-18(12-17)15(3)24(28)25-19/h5-12,14-15H,13H2,1-4H3,(H,25,28)/b10-6+/t15-/m1/s1. The Bertz CT molecular complexity index is 1040. The SMILES string of the molecule is COc1cc(/C=C/C(=O)OCC(=O)c2ccc3c(c2)[C@@H](C)C(=O)N3)ccc1OC(C)C. The molecule has 0 aliphatic carbocycles. The number of hydrogen-bond donors (Lipinski definition) is 1. The van der Waals surface area contributed by atoms with Crippen molar-refractivity contribution in [2.24, 2.45) is 0 Å². The molecule has 0 saturated heterocycles. The van der Waals surface area contributed by atoms with Gasteiger partial charge in [-0.05, 0) is 68.3 Å². The fraction of sp³-hybridized carbons (Fsp3) is 0.292. The zero-order chi connectivity index (χ0) is 22.5. The van der Waals surface area contributed by atoms with Crippen LogP contribution in [0, 0.1) is 0 Å². The number of benzene rings is 2. The van der Waals surface area contributed by atoms with Gasteiger partial charge < -0.3 is 19.5 Å². The van der Waals surface area contributed by atoms with E-state index in [4.69, 9.17) is 14.2 Å². The molecule has 2 aromatic rings. The monoisotopic (exact) mass is 423 g/mol. The van der Waals surface area contributed by atoms with Gasteiger partial charge in [0.05, 0.1) is 19.1 Å². The summed E-state index contributed by atoms with van der Waals surface area (Å²) in [6.45, 7) is 5.23. The van der Waals surface area contributed by atoms with Crippen molar-refractivity contribution in [3.8, 4) is 11.5 Å². The van der Waals surface area contributed by atoms with Crippen molar-refractivity contribution in [2.45, 2.75) is 32.8 Å². The van der Waals surface area contributed by atoms with Gasteiger partial charge in [-0.15, -0.1) is 0 Å². The highest BCUT2D eigenvalue weighted by molar-refractivity contribution is 6.05. The first kappa shape index (κ1) is 22.1. The molecule has 1 N–H and O–H groups in total. The van der Waals surface area contributed by atoms with E-state index in [2.05, 4.69) is 5.32 Å². The number of esters is 1. The molecule has 162 valence electrons. The van der Waals surface area contributed by atoms with E-state index in [0.717, 1.165) is 11.1 Å². The summed E-state index contributed by atoms with van der Waals surface area (Å²) in [7, 11) is 1.54. The number of amides is 1. The summed E-state index contributed by atoms with van der Waals surface area (Å²) in [5, 5.41) is 2.75. The van der Waals surface area contributed by atoms with Gasteiger partial charge in [0.2, 0.25) is 5.91 Å². The predicted molar refractivity (Wildman–Crippen MR) is 117 cm³/mol. The highest BCUT2D eigenvalue weighted by atomic mass is 16.5.